The highest BCUT2D eigenvalue weighted by molar-refractivity contribution is 5.25. The van der Waals surface area contributed by atoms with Gasteiger partial charge < -0.3 is 0 Å². The van der Waals surface area contributed by atoms with Crippen LogP contribution in [-0.4, -0.2) is 0 Å². The Morgan fingerprint density at radius 3 is 2.88 bits per heavy atom. The van der Waals surface area contributed by atoms with E-state index >= 15 is 0 Å². The summed E-state index contributed by atoms with van der Waals surface area (Å²) in [5.74, 6) is 0. The molecule has 8 heavy (non-hydrogen) atoms. The van der Waals surface area contributed by atoms with Gasteiger partial charge in [-0.2, -0.15) is 0 Å². The molecule has 0 heterocycles. The molecule has 0 N–H and O–H groups in total. The third-order valence-electron chi connectivity index (χ3n) is 1.41. The van der Waals surface area contributed by atoms with Crippen LogP contribution >= 0.6 is 0 Å². The van der Waals surface area contributed by atoms with Crippen molar-refractivity contribution in [3.63, 3.8) is 0 Å². The Bertz CT molecular complexity index is 118. The molecule has 0 aromatic rings. The van der Waals surface area contributed by atoms with Crippen molar-refractivity contribution >= 4 is 0 Å². The average Bonchev–Trinajstić information content (AvgIpc) is 1.63. The van der Waals surface area contributed by atoms with Gasteiger partial charge in [-0.25, -0.2) is 0 Å². The molecule has 0 saturated carbocycles. The third-order valence-corrected chi connectivity index (χ3v) is 1.41. The first-order valence-corrected chi connectivity index (χ1v) is 3.29. The predicted octanol–water partition coefficient (Wildman–Crippen LogP) is 2.67. The standard InChI is InChI=1S/C8H12/c1-2-3-5-8-6-4-7-8/h3,5-6H,2,4,7H2,1H3. The molecule has 0 saturated heterocycles. The fraction of sp³-hybridized carbons (Fsp3) is 0.500. The fourth-order valence-electron chi connectivity index (χ4n) is 0.732. The Kier molecular flexibility index (Phi) is 1.90. The molecule has 0 bridgehead atoms. The van der Waals surface area contributed by atoms with Crippen molar-refractivity contribution in [2.45, 2.75) is 26.2 Å². The van der Waals surface area contributed by atoms with E-state index < -0.39 is 0 Å². The molecular weight excluding hydrogens is 96.1 g/mol. The topological polar surface area (TPSA) is 0 Å². The second-order valence-electron chi connectivity index (χ2n) is 2.13. The smallest absolute Gasteiger partial charge is 0.0247 e. The molecule has 0 radical (unpaired) electrons. The van der Waals surface area contributed by atoms with Crippen molar-refractivity contribution in [2.75, 3.05) is 0 Å². The molecule has 1 aliphatic rings. The Morgan fingerprint density at radius 1 is 1.75 bits per heavy atom. The molecule has 0 nitrogen and oxygen atoms in total. The van der Waals surface area contributed by atoms with Gasteiger partial charge in [0, 0.05) is 0 Å². The van der Waals surface area contributed by atoms with Crippen LogP contribution in [0.5, 0.6) is 0 Å². The number of hydrogen-bond donors (Lipinski definition) is 0. The van der Waals surface area contributed by atoms with E-state index in [-0.39, 0.29) is 0 Å². The lowest BCUT2D eigenvalue weighted by Crippen LogP contribution is -1.87. The molecule has 1 aliphatic carbocycles. The number of allylic oxidation sites excluding steroid dienone is 4. The Balaban J connectivity index is 2.28. The summed E-state index contributed by atoms with van der Waals surface area (Å²) in [6.07, 6.45) is 10.5. The first kappa shape index (κ1) is 5.61. The first-order chi connectivity index (χ1) is 3.93. The largest absolute Gasteiger partial charge is 0.0845 e. The van der Waals surface area contributed by atoms with Gasteiger partial charge in [-0.3, -0.25) is 0 Å². The normalized spacial score (nSPS) is 18.4. The Hall–Kier alpha value is -0.520. The lowest BCUT2D eigenvalue weighted by Gasteiger charge is -2.07. The molecular formula is C8H12. The van der Waals surface area contributed by atoms with Crippen LogP contribution in [0.2, 0.25) is 0 Å². The van der Waals surface area contributed by atoms with E-state index in [0.29, 0.717) is 0 Å². The Labute approximate surface area is 50.9 Å². The summed E-state index contributed by atoms with van der Waals surface area (Å²) in [6.45, 7) is 2.16. The zero-order valence-electron chi connectivity index (χ0n) is 5.35. The SMILES string of the molecule is CCC=CC1=CCC1. The minimum Gasteiger partial charge on any atom is -0.0845 e. The van der Waals surface area contributed by atoms with Gasteiger partial charge in [0.15, 0.2) is 0 Å². The minimum atomic E-state index is 1.16. The molecule has 0 heteroatoms. The van der Waals surface area contributed by atoms with Gasteiger partial charge in [-0.05, 0) is 19.3 Å². The van der Waals surface area contributed by atoms with Gasteiger partial charge in [-0.1, -0.05) is 30.7 Å². The van der Waals surface area contributed by atoms with Crippen LogP contribution in [-0.2, 0) is 0 Å². The molecule has 0 unspecified atom stereocenters. The van der Waals surface area contributed by atoms with E-state index in [0.717, 1.165) is 6.42 Å². The summed E-state index contributed by atoms with van der Waals surface area (Å²) in [4.78, 5) is 0. The molecule has 0 amide bonds. The lowest BCUT2D eigenvalue weighted by atomic mass is 9.99. The van der Waals surface area contributed by atoms with Crippen molar-refractivity contribution in [1.29, 1.82) is 0 Å². The molecule has 0 atom stereocenters. The van der Waals surface area contributed by atoms with Crippen LogP contribution in [0, 0.1) is 0 Å². The van der Waals surface area contributed by atoms with Gasteiger partial charge in [0.2, 0.25) is 0 Å². The number of rotatable bonds is 2. The van der Waals surface area contributed by atoms with Crippen LogP contribution in [0.1, 0.15) is 26.2 Å². The molecule has 0 aliphatic heterocycles. The molecule has 0 aromatic carbocycles. The van der Waals surface area contributed by atoms with E-state index in [1.165, 1.54) is 18.4 Å². The van der Waals surface area contributed by atoms with Crippen molar-refractivity contribution in [1.82, 2.24) is 0 Å². The molecule has 0 spiro atoms. The highest BCUT2D eigenvalue weighted by Crippen LogP contribution is 2.18. The van der Waals surface area contributed by atoms with Crippen LogP contribution in [0.25, 0.3) is 0 Å². The maximum absolute atomic E-state index is 2.28. The highest BCUT2D eigenvalue weighted by Gasteiger charge is 1.98. The quantitative estimate of drug-likeness (QED) is 0.510. The summed E-state index contributed by atoms with van der Waals surface area (Å²) < 4.78 is 0. The second-order valence-corrected chi connectivity index (χ2v) is 2.13. The molecule has 44 valence electrons. The summed E-state index contributed by atoms with van der Waals surface area (Å²) in [6, 6.07) is 0. The van der Waals surface area contributed by atoms with Gasteiger partial charge in [0.1, 0.15) is 0 Å². The van der Waals surface area contributed by atoms with Crippen LogP contribution in [0.15, 0.2) is 23.8 Å². The second kappa shape index (κ2) is 2.71. The molecule has 0 fully saturated rings. The van der Waals surface area contributed by atoms with Gasteiger partial charge in [0.25, 0.3) is 0 Å². The molecule has 1 rings (SSSR count). The minimum absolute atomic E-state index is 1.16. The average molecular weight is 108 g/mol. The first-order valence-electron chi connectivity index (χ1n) is 3.29. The lowest BCUT2D eigenvalue weighted by molar-refractivity contribution is 0.904. The third kappa shape index (κ3) is 1.22. The summed E-state index contributed by atoms with van der Waals surface area (Å²) in [5, 5.41) is 0. The van der Waals surface area contributed by atoms with Crippen molar-refractivity contribution in [3.05, 3.63) is 23.8 Å². The van der Waals surface area contributed by atoms with Crippen molar-refractivity contribution in [3.8, 4) is 0 Å². The van der Waals surface area contributed by atoms with Crippen LogP contribution in [0.3, 0.4) is 0 Å². The van der Waals surface area contributed by atoms with E-state index in [4.69, 9.17) is 0 Å². The molecule has 0 aromatic heterocycles. The summed E-state index contributed by atoms with van der Waals surface area (Å²) in [5.41, 5.74) is 1.52. The van der Waals surface area contributed by atoms with E-state index in [2.05, 4.69) is 25.2 Å². The summed E-state index contributed by atoms with van der Waals surface area (Å²) >= 11 is 0. The van der Waals surface area contributed by atoms with Crippen LogP contribution in [0.4, 0.5) is 0 Å². The van der Waals surface area contributed by atoms with E-state index in [1.54, 1.807) is 0 Å². The zero-order valence-corrected chi connectivity index (χ0v) is 5.35. The maximum Gasteiger partial charge on any atom is -0.0247 e. The summed E-state index contributed by atoms with van der Waals surface area (Å²) in [7, 11) is 0. The highest BCUT2D eigenvalue weighted by atomic mass is 14.0. The van der Waals surface area contributed by atoms with E-state index in [9.17, 15) is 0 Å². The van der Waals surface area contributed by atoms with Crippen LogP contribution < -0.4 is 0 Å². The van der Waals surface area contributed by atoms with Crippen molar-refractivity contribution < 1.29 is 0 Å². The number of hydrogen-bond acceptors (Lipinski definition) is 0. The monoisotopic (exact) mass is 108 g/mol. The zero-order chi connectivity index (χ0) is 5.82. The maximum atomic E-state index is 2.28. The van der Waals surface area contributed by atoms with Gasteiger partial charge in [0.05, 0.1) is 0 Å². The van der Waals surface area contributed by atoms with E-state index in [1.807, 2.05) is 0 Å². The van der Waals surface area contributed by atoms with Gasteiger partial charge >= 0.3 is 0 Å². The van der Waals surface area contributed by atoms with Gasteiger partial charge in [-0.15, -0.1) is 0 Å². The fourth-order valence-corrected chi connectivity index (χ4v) is 0.732. The Morgan fingerprint density at radius 2 is 2.50 bits per heavy atom. The predicted molar refractivity (Wildman–Crippen MR) is 36.7 cm³/mol. The van der Waals surface area contributed by atoms with Crippen molar-refractivity contribution in [2.24, 2.45) is 0 Å².